The Morgan fingerprint density at radius 3 is 2.71 bits per heavy atom. The molecule has 3 aromatic rings. The number of nitrogens with one attached hydrogen (secondary N) is 1. The summed E-state index contributed by atoms with van der Waals surface area (Å²) in [6.07, 6.45) is 0. The molecular weight excluding hydrogens is 312 g/mol. The largest absolute Gasteiger partial charge is 0.378 e. The maximum atomic E-state index is 12.2. The number of hydrazone groups is 1. The van der Waals surface area contributed by atoms with Gasteiger partial charge in [0.25, 0.3) is 5.91 Å². The molecule has 3 N–H and O–H groups in total. The Morgan fingerprint density at radius 2 is 2.04 bits per heavy atom. The molecule has 0 aliphatic carbocycles. The first-order chi connectivity index (χ1) is 11.6. The van der Waals surface area contributed by atoms with Crippen molar-refractivity contribution in [2.24, 2.45) is 5.10 Å². The zero-order chi connectivity index (χ0) is 17.1. The average molecular weight is 326 g/mol. The van der Waals surface area contributed by atoms with E-state index >= 15 is 0 Å². The molecule has 0 unspecified atom stereocenters. The summed E-state index contributed by atoms with van der Waals surface area (Å²) in [4.78, 5) is 12.2. The molecule has 0 spiro atoms. The average Bonchev–Trinajstić information content (AvgIpc) is 3.18. The molecule has 0 atom stereocenters. The summed E-state index contributed by atoms with van der Waals surface area (Å²) in [7, 11) is 0. The molecule has 0 radical (unpaired) electrons. The summed E-state index contributed by atoms with van der Waals surface area (Å²) in [5, 5.41) is 18.8. The topological polar surface area (TPSA) is 137 Å². The molecule has 10 nitrogen and oxygen atoms in total. The van der Waals surface area contributed by atoms with Crippen molar-refractivity contribution in [3.63, 3.8) is 0 Å². The standard InChI is InChI=1S/C14H14N8O2/c1-8(10-6-4-3-5-7-10)16-18-14(23)11-9(2)22(21-17-11)13-12(15)19-24-20-13/h3-7H,1-2H3,(H2,15,19)(H,18,23). The van der Waals surface area contributed by atoms with Gasteiger partial charge < -0.3 is 5.73 Å². The van der Waals surface area contributed by atoms with Gasteiger partial charge in [0, 0.05) is 0 Å². The second kappa shape index (κ2) is 6.28. The molecule has 1 aromatic carbocycles. The van der Waals surface area contributed by atoms with E-state index in [1.807, 2.05) is 30.3 Å². The first-order valence-electron chi connectivity index (χ1n) is 6.98. The number of aromatic nitrogens is 5. The number of nitrogens with two attached hydrogens (primary N) is 1. The molecule has 2 aromatic heterocycles. The van der Waals surface area contributed by atoms with Gasteiger partial charge in [0.1, 0.15) is 0 Å². The number of nitrogens with zero attached hydrogens (tertiary/aromatic N) is 6. The van der Waals surface area contributed by atoms with Crippen LogP contribution in [-0.4, -0.2) is 36.9 Å². The Labute approximate surface area is 136 Å². The number of hydrogen-bond donors (Lipinski definition) is 2. The van der Waals surface area contributed by atoms with E-state index in [0.29, 0.717) is 11.4 Å². The lowest BCUT2D eigenvalue weighted by Gasteiger charge is -2.02. The van der Waals surface area contributed by atoms with Gasteiger partial charge in [-0.3, -0.25) is 4.79 Å². The van der Waals surface area contributed by atoms with Crippen LogP contribution in [0.3, 0.4) is 0 Å². The van der Waals surface area contributed by atoms with Crippen LogP contribution >= 0.6 is 0 Å². The van der Waals surface area contributed by atoms with Gasteiger partial charge in [-0.2, -0.15) is 9.78 Å². The van der Waals surface area contributed by atoms with Crippen LogP contribution < -0.4 is 11.2 Å². The number of carbonyl (C=O) groups excluding carboxylic acids is 1. The van der Waals surface area contributed by atoms with Gasteiger partial charge in [-0.1, -0.05) is 35.5 Å². The highest BCUT2D eigenvalue weighted by atomic mass is 16.6. The van der Waals surface area contributed by atoms with Crippen LogP contribution in [0.2, 0.25) is 0 Å². The Balaban J connectivity index is 1.79. The summed E-state index contributed by atoms with van der Waals surface area (Å²) in [5.41, 5.74) is 10.2. The van der Waals surface area contributed by atoms with Crippen LogP contribution in [0.4, 0.5) is 5.82 Å². The highest BCUT2D eigenvalue weighted by Crippen LogP contribution is 2.14. The van der Waals surface area contributed by atoms with E-state index < -0.39 is 5.91 Å². The predicted octanol–water partition coefficient (Wildman–Crippen LogP) is 0.695. The van der Waals surface area contributed by atoms with Crippen molar-refractivity contribution in [2.75, 3.05) is 5.73 Å². The third kappa shape index (κ3) is 2.84. The van der Waals surface area contributed by atoms with E-state index in [1.54, 1.807) is 13.8 Å². The van der Waals surface area contributed by atoms with Crippen molar-refractivity contribution in [1.82, 2.24) is 30.7 Å². The fourth-order valence-electron chi connectivity index (χ4n) is 2.01. The van der Waals surface area contributed by atoms with Crippen LogP contribution in [0.15, 0.2) is 40.1 Å². The van der Waals surface area contributed by atoms with Crippen LogP contribution in [0, 0.1) is 6.92 Å². The number of anilines is 1. The van der Waals surface area contributed by atoms with Gasteiger partial charge >= 0.3 is 0 Å². The van der Waals surface area contributed by atoms with E-state index in [0.717, 1.165) is 5.56 Å². The smallest absolute Gasteiger partial charge is 0.293 e. The lowest BCUT2D eigenvalue weighted by Crippen LogP contribution is -2.21. The number of benzene rings is 1. The van der Waals surface area contributed by atoms with E-state index in [-0.39, 0.29) is 17.3 Å². The number of carbonyl (C=O) groups is 1. The van der Waals surface area contributed by atoms with Gasteiger partial charge in [-0.15, -0.1) is 5.10 Å². The molecule has 0 saturated carbocycles. The summed E-state index contributed by atoms with van der Waals surface area (Å²) in [6, 6.07) is 9.48. The first-order valence-corrected chi connectivity index (χ1v) is 6.98. The minimum atomic E-state index is -0.496. The van der Waals surface area contributed by atoms with Crippen molar-refractivity contribution in [3.8, 4) is 5.82 Å². The molecule has 2 heterocycles. The minimum absolute atomic E-state index is 0.0490. The normalized spacial score (nSPS) is 11.5. The second-order valence-electron chi connectivity index (χ2n) is 4.91. The molecule has 24 heavy (non-hydrogen) atoms. The van der Waals surface area contributed by atoms with Gasteiger partial charge in [-0.05, 0) is 29.7 Å². The van der Waals surface area contributed by atoms with Crippen LogP contribution in [0.25, 0.3) is 5.82 Å². The number of rotatable bonds is 4. The SMILES string of the molecule is CC(=NNC(=O)c1nnn(-c2nonc2N)c1C)c1ccccc1. The van der Waals surface area contributed by atoms with Crippen molar-refractivity contribution >= 4 is 17.4 Å². The van der Waals surface area contributed by atoms with Crippen molar-refractivity contribution in [2.45, 2.75) is 13.8 Å². The monoisotopic (exact) mass is 326 g/mol. The highest BCUT2D eigenvalue weighted by molar-refractivity contribution is 6.00. The van der Waals surface area contributed by atoms with Crippen molar-refractivity contribution in [3.05, 3.63) is 47.3 Å². The summed E-state index contributed by atoms with van der Waals surface area (Å²) < 4.78 is 5.79. The zero-order valence-electron chi connectivity index (χ0n) is 13.0. The Hall–Kier alpha value is -3.56. The third-order valence-corrected chi connectivity index (χ3v) is 3.32. The van der Waals surface area contributed by atoms with Gasteiger partial charge in [0.15, 0.2) is 5.69 Å². The van der Waals surface area contributed by atoms with E-state index in [4.69, 9.17) is 5.73 Å². The Kier molecular flexibility index (Phi) is 4.01. The fraction of sp³-hybridized carbons (Fsp3) is 0.143. The van der Waals surface area contributed by atoms with Gasteiger partial charge in [0.2, 0.25) is 11.6 Å². The fourth-order valence-corrected chi connectivity index (χ4v) is 2.01. The minimum Gasteiger partial charge on any atom is -0.378 e. The zero-order valence-corrected chi connectivity index (χ0v) is 13.0. The number of nitrogen functional groups attached to an aromatic ring is 1. The number of amides is 1. The van der Waals surface area contributed by atoms with Crippen LogP contribution in [0.5, 0.6) is 0 Å². The molecule has 10 heteroatoms. The summed E-state index contributed by atoms with van der Waals surface area (Å²) >= 11 is 0. The Bertz CT molecular complexity index is 897. The van der Waals surface area contributed by atoms with Crippen LogP contribution in [0.1, 0.15) is 28.7 Å². The lowest BCUT2D eigenvalue weighted by atomic mass is 10.1. The third-order valence-electron chi connectivity index (χ3n) is 3.32. The van der Waals surface area contributed by atoms with Crippen LogP contribution in [-0.2, 0) is 0 Å². The maximum Gasteiger partial charge on any atom is 0.293 e. The van der Waals surface area contributed by atoms with E-state index in [2.05, 4.69) is 35.8 Å². The predicted molar refractivity (Wildman–Crippen MR) is 84.5 cm³/mol. The maximum absolute atomic E-state index is 12.2. The molecule has 3 rings (SSSR count). The molecular formula is C14H14N8O2. The van der Waals surface area contributed by atoms with Crippen molar-refractivity contribution < 1.29 is 9.42 Å². The molecule has 0 saturated heterocycles. The van der Waals surface area contributed by atoms with E-state index in [9.17, 15) is 4.79 Å². The van der Waals surface area contributed by atoms with E-state index in [1.165, 1.54) is 4.68 Å². The molecule has 0 aliphatic rings. The second-order valence-corrected chi connectivity index (χ2v) is 4.91. The quantitative estimate of drug-likeness (QED) is 0.531. The number of hydrogen-bond acceptors (Lipinski definition) is 8. The molecule has 0 bridgehead atoms. The van der Waals surface area contributed by atoms with Crippen molar-refractivity contribution in [1.29, 1.82) is 0 Å². The lowest BCUT2D eigenvalue weighted by molar-refractivity contribution is 0.0949. The first kappa shape index (κ1) is 15.3. The highest BCUT2D eigenvalue weighted by Gasteiger charge is 2.20. The molecule has 122 valence electrons. The molecule has 1 amide bonds. The van der Waals surface area contributed by atoms with Gasteiger partial charge in [-0.25, -0.2) is 10.1 Å². The Morgan fingerprint density at radius 1 is 1.29 bits per heavy atom. The molecule has 0 fully saturated rings. The van der Waals surface area contributed by atoms with Gasteiger partial charge in [0.05, 0.1) is 11.4 Å². The molecule has 0 aliphatic heterocycles. The summed E-state index contributed by atoms with van der Waals surface area (Å²) in [6.45, 7) is 3.44. The summed E-state index contributed by atoms with van der Waals surface area (Å²) in [5.74, 6) is -0.278.